The lowest BCUT2D eigenvalue weighted by Crippen LogP contribution is -2.49. The van der Waals surface area contributed by atoms with Gasteiger partial charge in [-0.05, 0) is 61.0 Å². The lowest BCUT2D eigenvalue weighted by atomic mass is 10.1. The van der Waals surface area contributed by atoms with Crippen LogP contribution in [0.1, 0.15) is 22.3 Å². The Morgan fingerprint density at radius 1 is 1.00 bits per heavy atom. The number of urea groups is 1. The van der Waals surface area contributed by atoms with E-state index in [1.807, 2.05) is 0 Å². The van der Waals surface area contributed by atoms with Crippen LogP contribution in [0.15, 0.2) is 66.7 Å². The van der Waals surface area contributed by atoms with Crippen LogP contribution in [0.3, 0.4) is 0 Å². The van der Waals surface area contributed by atoms with Crippen LogP contribution in [0, 0.1) is 11.6 Å². The molecule has 0 unspecified atom stereocenters. The van der Waals surface area contributed by atoms with Crippen molar-refractivity contribution in [3.63, 3.8) is 0 Å². The highest BCUT2D eigenvalue weighted by Crippen LogP contribution is 2.30. The third-order valence-corrected chi connectivity index (χ3v) is 5.48. The first-order chi connectivity index (χ1) is 15.4. The number of hydrogen-bond acceptors (Lipinski definition) is 2. The van der Waals surface area contributed by atoms with Gasteiger partial charge in [-0.1, -0.05) is 23.7 Å². The summed E-state index contributed by atoms with van der Waals surface area (Å²) in [7, 11) is 0. The molecule has 4 rings (SSSR count). The first-order valence-electron chi connectivity index (χ1n) is 10.1. The molecule has 1 fully saturated rings. The van der Waals surface area contributed by atoms with Gasteiger partial charge in [0, 0.05) is 29.2 Å². The van der Waals surface area contributed by atoms with Crippen molar-refractivity contribution in [1.82, 2.24) is 4.90 Å². The summed E-state index contributed by atoms with van der Waals surface area (Å²) in [5.41, 5.74) is 1.55. The van der Waals surface area contributed by atoms with Gasteiger partial charge in [0.05, 0.1) is 17.9 Å². The van der Waals surface area contributed by atoms with Crippen LogP contribution in [0.4, 0.5) is 25.0 Å². The number of rotatable bonds is 5. The fourth-order valence-corrected chi connectivity index (χ4v) is 3.76. The van der Waals surface area contributed by atoms with Crippen LogP contribution in [0.2, 0.25) is 5.02 Å². The van der Waals surface area contributed by atoms with Gasteiger partial charge >= 0.3 is 6.03 Å². The predicted octanol–water partition coefficient (Wildman–Crippen LogP) is 5.70. The average molecular weight is 456 g/mol. The van der Waals surface area contributed by atoms with Crippen molar-refractivity contribution < 1.29 is 18.4 Å². The van der Waals surface area contributed by atoms with E-state index >= 15 is 0 Å². The van der Waals surface area contributed by atoms with E-state index in [1.54, 1.807) is 48.5 Å². The zero-order valence-corrected chi connectivity index (χ0v) is 17.8. The SMILES string of the molecule is O=C(Nc1ccccc1N1CCCN(Cc2cc(F)ccc2F)C1=O)c1ccc(Cl)cc1. The zero-order chi connectivity index (χ0) is 22.7. The molecular formula is C24H20ClF2N3O2. The largest absolute Gasteiger partial charge is 0.324 e. The Morgan fingerprint density at radius 2 is 1.75 bits per heavy atom. The third kappa shape index (κ3) is 4.73. The maximum absolute atomic E-state index is 14.1. The molecule has 1 heterocycles. The van der Waals surface area contributed by atoms with Gasteiger partial charge < -0.3 is 10.2 Å². The van der Waals surface area contributed by atoms with E-state index in [-0.39, 0.29) is 24.0 Å². The lowest BCUT2D eigenvalue weighted by Gasteiger charge is -2.36. The summed E-state index contributed by atoms with van der Waals surface area (Å²) >= 11 is 5.88. The van der Waals surface area contributed by atoms with E-state index < -0.39 is 11.6 Å². The average Bonchev–Trinajstić information content (AvgIpc) is 2.78. The monoisotopic (exact) mass is 455 g/mol. The topological polar surface area (TPSA) is 52.7 Å². The molecule has 5 nitrogen and oxygen atoms in total. The number of hydrogen-bond donors (Lipinski definition) is 1. The van der Waals surface area contributed by atoms with Crippen molar-refractivity contribution in [3.05, 3.63) is 94.5 Å². The van der Waals surface area contributed by atoms with Crippen molar-refractivity contribution in [2.24, 2.45) is 0 Å². The number of benzene rings is 3. The van der Waals surface area contributed by atoms with Gasteiger partial charge in [-0.25, -0.2) is 13.6 Å². The van der Waals surface area contributed by atoms with E-state index in [9.17, 15) is 18.4 Å². The molecule has 0 aromatic heterocycles. The number of anilines is 2. The maximum Gasteiger partial charge on any atom is 0.324 e. The molecule has 0 atom stereocenters. The minimum absolute atomic E-state index is 0.0434. The zero-order valence-electron chi connectivity index (χ0n) is 17.0. The van der Waals surface area contributed by atoms with Gasteiger partial charge in [0.2, 0.25) is 0 Å². The number of amides is 3. The van der Waals surface area contributed by atoms with E-state index in [0.29, 0.717) is 41.5 Å². The Morgan fingerprint density at radius 3 is 2.53 bits per heavy atom. The van der Waals surface area contributed by atoms with Crippen molar-refractivity contribution in [3.8, 4) is 0 Å². The number of nitrogens with zero attached hydrogens (tertiary/aromatic N) is 2. The highest BCUT2D eigenvalue weighted by molar-refractivity contribution is 6.30. The predicted molar refractivity (Wildman–Crippen MR) is 120 cm³/mol. The van der Waals surface area contributed by atoms with Crippen molar-refractivity contribution in [1.29, 1.82) is 0 Å². The van der Waals surface area contributed by atoms with Gasteiger partial charge in [-0.15, -0.1) is 0 Å². The van der Waals surface area contributed by atoms with Crippen molar-refractivity contribution in [2.75, 3.05) is 23.3 Å². The summed E-state index contributed by atoms with van der Waals surface area (Å²) in [5, 5.41) is 3.37. The molecule has 0 spiro atoms. The second kappa shape index (κ2) is 9.36. The summed E-state index contributed by atoms with van der Waals surface area (Å²) in [6.07, 6.45) is 0.641. The Balaban J connectivity index is 1.55. The molecule has 0 radical (unpaired) electrons. The molecule has 0 aliphatic carbocycles. The molecular weight excluding hydrogens is 436 g/mol. The van der Waals surface area contributed by atoms with E-state index in [4.69, 9.17) is 11.6 Å². The quantitative estimate of drug-likeness (QED) is 0.536. The van der Waals surface area contributed by atoms with Crippen molar-refractivity contribution in [2.45, 2.75) is 13.0 Å². The summed E-state index contributed by atoms with van der Waals surface area (Å²) in [5.74, 6) is -1.46. The lowest BCUT2D eigenvalue weighted by molar-refractivity contribution is 0.102. The number of carbonyl (C=O) groups excluding carboxylic acids is 2. The van der Waals surface area contributed by atoms with Gasteiger partial charge in [0.1, 0.15) is 11.6 Å². The molecule has 3 aromatic rings. The Bertz CT molecular complexity index is 1150. The van der Waals surface area contributed by atoms with Gasteiger partial charge in [0.25, 0.3) is 5.91 Å². The van der Waals surface area contributed by atoms with Crippen LogP contribution >= 0.6 is 11.6 Å². The first-order valence-corrected chi connectivity index (χ1v) is 10.5. The minimum atomic E-state index is -0.563. The molecule has 0 saturated carbocycles. The van der Waals surface area contributed by atoms with Crippen LogP contribution in [-0.4, -0.2) is 29.9 Å². The van der Waals surface area contributed by atoms with E-state index in [2.05, 4.69) is 5.32 Å². The maximum atomic E-state index is 14.1. The van der Waals surface area contributed by atoms with Crippen LogP contribution in [0.25, 0.3) is 0 Å². The molecule has 3 amide bonds. The Labute approximate surface area is 189 Å². The molecule has 32 heavy (non-hydrogen) atoms. The summed E-state index contributed by atoms with van der Waals surface area (Å²) < 4.78 is 27.6. The molecule has 3 aromatic carbocycles. The molecule has 1 saturated heterocycles. The first kappa shape index (κ1) is 21.8. The number of halogens is 3. The fraction of sp³-hybridized carbons (Fsp3) is 0.167. The van der Waals surface area contributed by atoms with Gasteiger partial charge in [-0.3, -0.25) is 9.69 Å². The number of para-hydroxylation sites is 2. The standard InChI is InChI=1S/C24H20ClF2N3O2/c25-18-8-6-16(7-9-18)23(31)28-21-4-1-2-5-22(21)30-13-3-12-29(24(30)32)15-17-14-19(26)10-11-20(17)27/h1-2,4-11,14H,3,12-13,15H2,(H,28,31). The van der Waals surface area contributed by atoms with Crippen LogP contribution in [0.5, 0.6) is 0 Å². The molecule has 1 aliphatic rings. The number of carbonyl (C=O) groups is 2. The van der Waals surface area contributed by atoms with E-state index in [0.717, 1.165) is 18.2 Å². The summed E-state index contributed by atoms with van der Waals surface area (Å²) in [4.78, 5) is 28.9. The third-order valence-electron chi connectivity index (χ3n) is 5.23. The second-order valence-corrected chi connectivity index (χ2v) is 7.86. The highest BCUT2D eigenvalue weighted by Gasteiger charge is 2.29. The van der Waals surface area contributed by atoms with Gasteiger partial charge in [0.15, 0.2) is 0 Å². The Hall–Kier alpha value is -3.45. The smallest absolute Gasteiger partial charge is 0.320 e. The molecule has 1 aliphatic heterocycles. The highest BCUT2D eigenvalue weighted by atomic mass is 35.5. The minimum Gasteiger partial charge on any atom is -0.320 e. The van der Waals surface area contributed by atoms with Gasteiger partial charge in [-0.2, -0.15) is 0 Å². The second-order valence-electron chi connectivity index (χ2n) is 7.42. The molecule has 0 bridgehead atoms. The normalized spacial score (nSPS) is 13.9. The summed E-state index contributed by atoms with van der Waals surface area (Å²) in [6.45, 7) is 0.817. The Kier molecular flexibility index (Phi) is 6.37. The fourth-order valence-electron chi connectivity index (χ4n) is 3.63. The summed E-state index contributed by atoms with van der Waals surface area (Å²) in [6, 6.07) is 16.3. The number of nitrogens with one attached hydrogen (secondary N) is 1. The molecule has 1 N–H and O–H groups in total. The van der Waals surface area contributed by atoms with Crippen molar-refractivity contribution >= 4 is 34.9 Å². The molecule has 164 valence electrons. The van der Waals surface area contributed by atoms with Crippen LogP contribution < -0.4 is 10.2 Å². The van der Waals surface area contributed by atoms with E-state index in [1.165, 1.54) is 9.80 Å². The van der Waals surface area contributed by atoms with Crippen LogP contribution in [-0.2, 0) is 6.54 Å². The molecule has 8 heteroatoms.